The van der Waals surface area contributed by atoms with Crippen LogP contribution < -0.4 is 5.32 Å². The molecule has 70 valence electrons. The number of carbonyl (C=O) groups excluding carboxylic acids is 2. The minimum Gasteiger partial charge on any atom is -0.288 e. The first-order valence-electron chi connectivity index (χ1n) is 3.91. The van der Waals surface area contributed by atoms with Gasteiger partial charge < -0.3 is 0 Å². The molecule has 1 aromatic rings. The number of thioether (sulfide) groups is 1. The van der Waals surface area contributed by atoms with Gasteiger partial charge in [0.25, 0.3) is 11.8 Å². The zero-order valence-electron chi connectivity index (χ0n) is 7.06. The van der Waals surface area contributed by atoms with Crippen molar-refractivity contribution in [3.05, 3.63) is 35.4 Å². The highest BCUT2D eigenvalue weighted by Crippen LogP contribution is 2.26. The molecule has 2 rings (SSSR count). The van der Waals surface area contributed by atoms with Crippen LogP contribution in [0.3, 0.4) is 0 Å². The number of nitrogens with one attached hydrogen (secondary N) is 1. The lowest BCUT2D eigenvalue weighted by Gasteiger charge is -1.97. The molecule has 2 amide bonds. The van der Waals surface area contributed by atoms with Gasteiger partial charge in [-0.25, -0.2) is 4.98 Å². The molecule has 0 unspecified atom stereocenters. The third-order valence-electron chi connectivity index (χ3n) is 1.57. The summed E-state index contributed by atoms with van der Waals surface area (Å²) in [6.07, 6.45) is 2.92. The summed E-state index contributed by atoms with van der Waals surface area (Å²) in [7, 11) is 0. The van der Waals surface area contributed by atoms with Crippen LogP contribution in [0.1, 0.15) is 0 Å². The molecule has 5 heteroatoms. The van der Waals surface area contributed by atoms with Crippen molar-refractivity contribution in [1.29, 1.82) is 0 Å². The molecule has 0 saturated carbocycles. The quantitative estimate of drug-likeness (QED) is 0.724. The largest absolute Gasteiger partial charge is 0.288 e. The van der Waals surface area contributed by atoms with Crippen LogP contribution in [-0.4, -0.2) is 16.8 Å². The smallest absolute Gasteiger partial charge is 0.265 e. The second-order valence-corrected chi connectivity index (χ2v) is 3.66. The summed E-state index contributed by atoms with van der Waals surface area (Å²) in [6, 6.07) is 5.39. The van der Waals surface area contributed by atoms with Crippen molar-refractivity contribution in [2.24, 2.45) is 0 Å². The standard InChI is InChI=1S/C9H6N2O2S/c12-7-5-6(9(13)11-7)14-8-3-1-2-4-10-8/h1-5H,(H,11,12,13). The van der Waals surface area contributed by atoms with Crippen LogP contribution in [0.4, 0.5) is 0 Å². The Morgan fingerprint density at radius 2 is 2.14 bits per heavy atom. The predicted molar refractivity (Wildman–Crippen MR) is 51.3 cm³/mol. The maximum absolute atomic E-state index is 11.1. The summed E-state index contributed by atoms with van der Waals surface area (Å²) in [6.45, 7) is 0. The highest BCUT2D eigenvalue weighted by atomic mass is 32.2. The van der Waals surface area contributed by atoms with Crippen molar-refractivity contribution < 1.29 is 9.59 Å². The van der Waals surface area contributed by atoms with Crippen LogP contribution in [0.15, 0.2) is 40.4 Å². The lowest BCUT2D eigenvalue weighted by Crippen LogP contribution is -2.21. The molecule has 0 aromatic carbocycles. The Bertz CT molecular complexity index is 414. The van der Waals surface area contributed by atoms with E-state index in [0.29, 0.717) is 9.93 Å². The molecule has 0 fully saturated rings. The SMILES string of the molecule is O=C1C=C(Sc2ccccn2)C(=O)N1. The average Bonchev–Trinajstić information content (AvgIpc) is 2.47. The number of carbonyl (C=O) groups is 2. The number of nitrogens with zero attached hydrogens (tertiary/aromatic N) is 1. The number of pyridine rings is 1. The predicted octanol–water partition coefficient (Wildman–Crippen LogP) is 0.714. The fraction of sp³-hybridized carbons (Fsp3) is 0. The molecule has 1 aromatic heterocycles. The minimum atomic E-state index is -0.367. The Morgan fingerprint density at radius 1 is 1.29 bits per heavy atom. The number of rotatable bonds is 2. The molecule has 0 bridgehead atoms. The van der Waals surface area contributed by atoms with Gasteiger partial charge in [0.15, 0.2) is 0 Å². The van der Waals surface area contributed by atoms with E-state index < -0.39 is 0 Å². The zero-order chi connectivity index (χ0) is 9.97. The van der Waals surface area contributed by atoms with Crippen LogP contribution in [0.2, 0.25) is 0 Å². The van der Waals surface area contributed by atoms with E-state index in [1.165, 1.54) is 17.8 Å². The number of hydrogen-bond donors (Lipinski definition) is 1. The molecule has 0 atom stereocenters. The van der Waals surface area contributed by atoms with Gasteiger partial charge in [-0.2, -0.15) is 0 Å². The first-order chi connectivity index (χ1) is 6.75. The molecular formula is C9H6N2O2S. The Morgan fingerprint density at radius 3 is 2.71 bits per heavy atom. The molecular weight excluding hydrogens is 200 g/mol. The highest BCUT2D eigenvalue weighted by molar-refractivity contribution is 8.04. The van der Waals surface area contributed by atoms with E-state index in [0.717, 1.165) is 0 Å². The van der Waals surface area contributed by atoms with Gasteiger partial charge in [-0.3, -0.25) is 14.9 Å². The molecule has 2 heterocycles. The van der Waals surface area contributed by atoms with Crippen LogP contribution in [-0.2, 0) is 9.59 Å². The normalized spacial score (nSPS) is 15.3. The van der Waals surface area contributed by atoms with Crippen molar-refractivity contribution in [3.63, 3.8) is 0 Å². The molecule has 0 radical (unpaired) electrons. The van der Waals surface area contributed by atoms with Crippen molar-refractivity contribution in [2.75, 3.05) is 0 Å². The second kappa shape index (κ2) is 3.63. The Kier molecular flexibility index (Phi) is 2.32. The molecule has 0 spiro atoms. The average molecular weight is 206 g/mol. The summed E-state index contributed by atoms with van der Waals surface area (Å²) >= 11 is 1.18. The maximum Gasteiger partial charge on any atom is 0.265 e. The molecule has 14 heavy (non-hydrogen) atoms. The zero-order valence-corrected chi connectivity index (χ0v) is 7.88. The number of amides is 2. The molecule has 0 aliphatic carbocycles. The van der Waals surface area contributed by atoms with Crippen molar-refractivity contribution in [3.8, 4) is 0 Å². The van der Waals surface area contributed by atoms with Gasteiger partial charge in [0.05, 0.1) is 4.91 Å². The van der Waals surface area contributed by atoms with Gasteiger partial charge in [-0.15, -0.1) is 0 Å². The van der Waals surface area contributed by atoms with Gasteiger partial charge in [-0.05, 0) is 12.1 Å². The van der Waals surface area contributed by atoms with Gasteiger partial charge in [-0.1, -0.05) is 17.8 Å². The Balaban J connectivity index is 2.16. The molecule has 1 aliphatic heterocycles. The lowest BCUT2D eigenvalue weighted by molar-refractivity contribution is -0.123. The number of imide groups is 1. The van der Waals surface area contributed by atoms with Crippen LogP contribution in [0.5, 0.6) is 0 Å². The van der Waals surface area contributed by atoms with E-state index in [4.69, 9.17) is 0 Å². The van der Waals surface area contributed by atoms with E-state index in [-0.39, 0.29) is 11.8 Å². The second-order valence-electron chi connectivity index (χ2n) is 2.60. The minimum absolute atomic E-state index is 0.356. The molecule has 1 aliphatic rings. The monoisotopic (exact) mass is 206 g/mol. The van der Waals surface area contributed by atoms with Crippen LogP contribution >= 0.6 is 11.8 Å². The molecule has 1 N–H and O–H groups in total. The highest BCUT2D eigenvalue weighted by Gasteiger charge is 2.21. The van der Waals surface area contributed by atoms with Crippen LogP contribution in [0, 0.1) is 0 Å². The van der Waals surface area contributed by atoms with E-state index in [9.17, 15) is 9.59 Å². The van der Waals surface area contributed by atoms with E-state index in [1.807, 2.05) is 6.07 Å². The maximum atomic E-state index is 11.1. The molecule has 4 nitrogen and oxygen atoms in total. The van der Waals surface area contributed by atoms with Gasteiger partial charge >= 0.3 is 0 Å². The van der Waals surface area contributed by atoms with Crippen molar-refractivity contribution in [1.82, 2.24) is 10.3 Å². The topological polar surface area (TPSA) is 59.1 Å². The van der Waals surface area contributed by atoms with Crippen molar-refractivity contribution >= 4 is 23.6 Å². The Hall–Kier alpha value is -1.62. The van der Waals surface area contributed by atoms with Gasteiger partial charge in [0.2, 0.25) is 0 Å². The van der Waals surface area contributed by atoms with E-state index in [2.05, 4.69) is 10.3 Å². The molecule has 0 saturated heterocycles. The summed E-state index contributed by atoms with van der Waals surface area (Å²) in [5.74, 6) is -0.723. The van der Waals surface area contributed by atoms with Gasteiger partial charge in [0.1, 0.15) is 5.03 Å². The summed E-state index contributed by atoms with van der Waals surface area (Å²) < 4.78 is 0. The third kappa shape index (κ3) is 1.82. The number of aromatic nitrogens is 1. The summed E-state index contributed by atoms with van der Waals surface area (Å²) in [5.41, 5.74) is 0. The first-order valence-corrected chi connectivity index (χ1v) is 4.73. The van der Waals surface area contributed by atoms with E-state index in [1.54, 1.807) is 18.3 Å². The fourth-order valence-corrected chi connectivity index (χ4v) is 1.79. The van der Waals surface area contributed by atoms with Crippen LogP contribution in [0.25, 0.3) is 0 Å². The lowest BCUT2D eigenvalue weighted by atomic mass is 10.5. The Labute approximate surface area is 84.4 Å². The van der Waals surface area contributed by atoms with Crippen molar-refractivity contribution in [2.45, 2.75) is 5.03 Å². The van der Waals surface area contributed by atoms with E-state index >= 15 is 0 Å². The third-order valence-corrected chi connectivity index (χ3v) is 2.55. The first kappa shape index (κ1) is 8.96. The summed E-state index contributed by atoms with van der Waals surface area (Å²) in [5, 5.41) is 2.87. The van der Waals surface area contributed by atoms with Gasteiger partial charge in [0, 0.05) is 12.3 Å². The summed E-state index contributed by atoms with van der Waals surface area (Å²) in [4.78, 5) is 26.4. The fourth-order valence-electron chi connectivity index (χ4n) is 0.990. The number of hydrogen-bond acceptors (Lipinski definition) is 4.